The monoisotopic (exact) mass is 520 g/mol. The van der Waals surface area contributed by atoms with E-state index < -0.39 is 0 Å². The Hall–Kier alpha value is -0.160. The van der Waals surface area contributed by atoms with Crippen molar-refractivity contribution in [1.29, 1.82) is 0 Å². The molecule has 0 atom stereocenters. The molecule has 0 N–H and O–H groups in total. The lowest BCUT2D eigenvalue weighted by molar-refractivity contribution is 1.56. The molecule has 2 aromatic carbocycles. The van der Waals surface area contributed by atoms with Gasteiger partial charge in [0.15, 0.2) is 0 Å². The highest BCUT2D eigenvalue weighted by Crippen LogP contribution is 2.23. The predicted molar refractivity (Wildman–Crippen MR) is 104 cm³/mol. The molecule has 0 amide bonds. The molecule has 20 heavy (non-hydrogen) atoms. The van der Waals surface area contributed by atoms with Crippen LogP contribution in [0, 0.1) is 0 Å². The summed E-state index contributed by atoms with van der Waals surface area (Å²) in [6.07, 6.45) is 3.63. The van der Waals surface area contributed by atoms with Gasteiger partial charge in [0.2, 0.25) is 0 Å². The second kappa shape index (κ2) is 8.98. The van der Waals surface area contributed by atoms with Gasteiger partial charge in [0, 0.05) is 17.9 Å². The smallest absolute Gasteiger partial charge is 0.0258 e. The molecule has 0 saturated heterocycles. The van der Waals surface area contributed by atoms with Gasteiger partial charge in [-0.25, -0.2) is 0 Å². The molecule has 0 unspecified atom stereocenters. The van der Waals surface area contributed by atoms with Crippen LogP contribution >= 0.6 is 63.7 Å². The molecule has 0 radical (unpaired) electrons. The summed E-state index contributed by atoms with van der Waals surface area (Å²) in [5.74, 6) is 0. The third-order valence-corrected chi connectivity index (χ3v) is 4.72. The number of hydrogen-bond donors (Lipinski definition) is 0. The fourth-order valence-corrected chi connectivity index (χ4v) is 3.75. The van der Waals surface area contributed by atoms with Crippen LogP contribution in [0.3, 0.4) is 0 Å². The average Bonchev–Trinajstić information content (AvgIpc) is 2.40. The van der Waals surface area contributed by atoms with E-state index in [1.54, 1.807) is 0 Å². The Kier molecular flexibility index (Phi) is 8.03. The second-order valence-electron chi connectivity index (χ2n) is 3.74. The minimum absolute atomic E-state index is 1.07. The zero-order chi connectivity index (χ0) is 15.1. The zero-order valence-corrected chi connectivity index (χ0v) is 16.9. The summed E-state index contributed by atoms with van der Waals surface area (Å²) >= 11 is 13.5. The van der Waals surface area contributed by atoms with Crippen molar-refractivity contribution in [3.63, 3.8) is 0 Å². The first kappa shape index (κ1) is 17.9. The van der Waals surface area contributed by atoms with Crippen LogP contribution in [0.2, 0.25) is 0 Å². The van der Waals surface area contributed by atoms with Gasteiger partial charge < -0.3 is 0 Å². The Labute approximate surface area is 153 Å². The van der Waals surface area contributed by atoms with Crippen LogP contribution in [0.4, 0.5) is 0 Å². The Balaban J connectivity index is 0.000000200. The lowest BCUT2D eigenvalue weighted by Gasteiger charge is -1.96. The molecule has 0 aromatic heterocycles. The first-order valence-corrected chi connectivity index (χ1v) is 8.80. The van der Waals surface area contributed by atoms with Crippen molar-refractivity contribution in [2.45, 2.75) is 0 Å². The predicted octanol–water partition coefficient (Wildman–Crippen LogP) is 7.71. The van der Waals surface area contributed by atoms with E-state index in [2.05, 4.69) is 76.9 Å². The molecule has 0 bridgehead atoms. The summed E-state index contributed by atoms with van der Waals surface area (Å²) in [5.41, 5.74) is 2.23. The van der Waals surface area contributed by atoms with Gasteiger partial charge in [-0.15, -0.1) is 0 Å². The van der Waals surface area contributed by atoms with Crippen molar-refractivity contribution >= 4 is 75.9 Å². The summed E-state index contributed by atoms with van der Waals surface area (Å²) in [7, 11) is 0. The van der Waals surface area contributed by atoms with Crippen molar-refractivity contribution in [1.82, 2.24) is 0 Å². The molecule has 104 valence electrons. The fourth-order valence-electron chi connectivity index (χ4n) is 1.33. The Bertz CT molecular complexity index is 562. The molecule has 0 heterocycles. The van der Waals surface area contributed by atoms with Crippen molar-refractivity contribution in [2.75, 3.05) is 0 Å². The first-order valence-electron chi connectivity index (χ1n) is 5.63. The largest absolute Gasteiger partial charge is 0.0984 e. The molecule has 0 nitrogen and oxygen atoms in total. The SMILES string of the molecule is C=Cc1ccc(Br)cc1Br.C=Cc1ccc(Br)cc1Br. The fraction of sp³-hybridized carbons (Fsp3) is 0. The van der Waals surface area contributed by atoms with Crippen LogP contribution in [0.25, 0.3) is 12.2 Å². The van der Waals surface area contributed by atoms with Gasteiger partial charge in [-0.3, -0.25) is 0 Å². The highest BCUT2D eigenvalue weighted by atomic mass is 79.9. The molecule has 0 saturated carbocycles. The van der Waals surface area contributed by atoms with Gasteiger partial charge in [0.05, 0.1) is 0 Å². The van der Waals surface area contributed by atoms with Gasteiger partial charge in [-0.05, 0) is 35.4 Å². The highest BCUT2D eigenvalue weighted by molar-refractivity contribution is 9.11. The van der Waals surface area contributed by atoms with Crippen molar-refractivity contribution in [3.8, 4) is 0 Å². The summed E-state index contributed by atoms with van der Waals surface area (Å²) in [6.45, 7) is 7.35. The molecule has 0 spiro atoms. The molecule has 4 heteroatoms. The second-order valence-corrected chi connectivity index (χ2v) is 7.28. The number of halogens is 4. The molecular formula is C16H12Br4. The normalized spacial score (nSPS) is 9.40. The van der Waals surface area contributed by atoms with Gasteiger partial charge in [-0.2, -0.15) is 0 Å². The van der Waals surface area contributed by atoms with Crippen molar-refractivity contribution < 1.29 is 0 Å². The van der Waals surface area contributed by atoms with E-state index in [4.69, 9.17) is 0 Å². The molecule has 0 aliphatic carbocycles. The van der Waals surface area contributed by atoms with Crippen LogP contribution in [-0.2, 0) is 0 Å². The molecular weight excluding hydrogens is 512 g/mol. The zero-order valence-electron chi connectivity index (χ0n) is 10.5. The third kappa shape index (κ3) is 5.68. The minimum atomic E-state index is 1.07. The summed E-state index contributed by atoms with van der Waals surface area (Å²) in [6, 6.07) is 12.0. The maximum atomic E-state index is 3.68. The van der Waals surface area contributed by atoms with Crippen LogP contribution < -0.4 is 0 Å². The summed E-state index contributed by atoms with van der Waals surface area (Å²) < 4.78 is 4.28. The van der Waals surface area contributed by atoms with E-state index in [0.29, 0.717) is 0 Å². The standard InChI is InChI=1S/2C8H6Br2/c2*1-2-6-3-4-7(9)5-8(6)10/h2*2-5H,1H2. The summed E-state index contributed by atoms with van der Waals surface area (Å²) in [5, 5.41) is 0. The summed E-state index contributed by atoms with van der Waals surface area (Å²) in [4.78, 5) is 0. The molecule has 0 aliphatic heterocycles. The Morgan fingerprint density at radius 2 is 1.00 bits per heavy atom. The van der Waals surface area contributed by atoms with Crippen LogP contribution in [0.5, 0.6) is 0 Å². The highest BCUT2D eigenvalue weighted by Gasteiger charge is 1.94. The average molecular weight is 524 g/mol. The molecule has 2 rings (SSSR count). The van der Waals surface area contributed by atoms with E-state index in [1.807, 2.05) is 48.6 Å². The van der Waals surface area contributed by atoms with Crippen molar-refractivity contribution in [3.05, 3.63) is 78.6 Å². The van der Waals surface area contributed by atoms with E-state index in [9.17, 15) is 0 Å². The van der Waals surface area contributed by atoms with E-state index >= 15 is 0 Å². The van der Waals surface area contributed by atoms with Crippen LogP contribution in [-0.4, -0.2) is 0 Å². The Morgan fingerprint density at radius 1 is 0.650 bits per heavy atom. The third-order valence-electron chi connectivity index (χ3n) is 2.36. The molecule has 2 aromatic rings. The van der Waals surface area contributed by atoms with Gasteiger partial charge in [0.1, 0.15) is 0 Å². The van der Waals surface area contributed by atoms with Crippen LogP contribution in [0.1, 0.15) is 11.1 Å². The number of hydrogen-bond acceptors (Lipinski definition) is 0. The van der Waals surface area contributed by atoms with Gasteiger partial charge >= 0.3 is 0 Å². The maximum Gasteiger partial charge on any atom is 0.0258 e. The lowest BCUT2D eigenvalue weighted by atomic mass is 10.2. The van der Waals surface area contributed by atoms with Gasteiger partial charge in [-0.1, -0.05) is 101 Å². The number of benzene rings is 2. The number of rotatable bonds is 2. The maximum absolute atomic E-state index is 3.68. The van der Waals surface area contributed by atoms with E-state index in [1.165, 1.54) is 0 Å². The van der Waals surface area contributed by atoms with Crippen LogP contribution in [0.15, 0.2) is 67.4 Å². The Morgan fingerprint density at radius 3 is 1.25 bits per heavy atom. The quantitative estimate of drug-likeness (QED) is 0.378. The lowest BCUT2D eigenvalue weighted by Crippen LogP contribution is -1.73. The van der Waals surface area contributed by atoms with Gasteiger partial charge in [0.25, 0.3) is 0 Å². The van der Waals surface area contributed by atoms with Crippen molar-refractivity contribution in [2.24, 2.45) is 0 Å². The first-order chi connectivity index (χ1) is 9.47. The minimum Gasteiger partial charge on any atom is -0.0984 e. The topological polar surface area (TPSA) is 0 Å². The van der Waals surface area contributed by atoms with E-state index in [0.717, 1.165) is 29.0 Å². The molecule has 0 aliphatic rings. The van der Waals surface area contributed by atoms with E-state index in [-0.39, 0.29) is 0 Å². The molecule has 0 fully saturated rings.